The summed E-state index contributed by atoms with van der Waals surface area (Å²) < 4.78 is 16.4. The lowest BCUT2D eigenvalue weighted by molar-refractivity contribution is -0.123. The van der Waals surface area contributed by atoms with Crippen molar-refractivity contribution in [2.24, 2.45) is 0 Å². The van der Waals surface area contributed by atoms with Gasteiger partial charge in [0, 0.05) is 19.1 Å². The van der Waals surface area contributed by atoms with Gasteiger partial charge >= 0.3 is 0 Å². The van der Waals surface area contributed by atoms with Crippen LogP contribution in [0.25, 0.3) is 0 Å². The Morgan fingerprint density at radius 2 is 1.71 bits per heavy atom. The third-order valence-electron chi connectivity index (χ3n) is 6.37. The first-order chi connectivity index (χ1) is 16.6. The number of methoxy groups -OCH3 is 3. The molecular formula is C28H32N2O4. The first kappa shape index (κ1) is 23.6. The maximum atomic E-state index is 12.9. The highest BCUT2D eigenvalue weighted by atomic mass is 16.5. The first-order valence-electron chi connectivity index (χ1n) is 11.5. The molecule has 0 radical (unpaired) electrons. The molecule has 0 fully saturated rings. The Kier molecular flexibility index (Phi) is 7.70. The van der Waals surface area contributed by atoms with Crippen molar-refractivity contribution in [1.29, 1.82) is 0 Å². The van der Waals surface area contributed by atoms with E-state index in [1.165, 1.54) is 11.1 Å². The lowest BCUT2D eigenvalue weighted by atomic mass is 9.88. The number of nitrogens with one attached hydrogen (secondary N) is 1. The Bertz CT molecular complexity index is 1120. The minimum absolute atomic E-state index is 0.0260. The summed E-state index contributed by atoms with van der Waals surface area (Å²) in [7, 11) is 4.97. The number of rotatable bonds is 9. The van der Waals surface area contributed by atoms with Crippen molar-refractivity contribution in [3.05, 3.63) is 89.0 Å². The van der Waals surface area contributed by atoms with Gasteiger partial charge in [-0.05, 0) is 59.4 Å². The first-order valence-corrected chi connectivity index (χ1v) is 11.5. The summed E-state index contributed by atoms with van der Waals surface area (Å²) in [5, 5.41) is 3.07. The smallest absolute Gasteiger partial charge is 0.234 e. The van der Waals surface area contributed by atoms with Gasteiger partial charge in [-0.15, -0.1) is 0 Å². The number of benzene rings is 3. The van der Waals surface area contributed by atoms with Crippen molar-refractivity contribution >= 4 is 5.91 Å². The van der Waals surface area contributed by atoms with Gasteiger partial charge in [-0.1, -0.05) is 42.5 Å². The van der Waals surface area contributed by atoms with Crippen molar-refractivity contribution in [2.75, 3.05) is 34.4 Å². The summed E-state index contributed by atoms with van der Waals surface area (Å²) in [6.07, 6.45) is 1.63. The third-order valence-corrected chi connectivity index (χ3v) is 6.37. The van der Waals surface area contributed by atoms with Crippen LogP contribution in [0.5, 0.6) is 17.2 Å². The van der Waals surface area contributed by atoms with E-state index in [9.17, 15) is 4.79 Å². The molecule has 1 atom stereocenters. The summed E-state index contributed by atoms with van der Waals surface area (Å²) in [4.78, 5) is 15.1. The zero-order chi connectivity index (χ0) is 23.9. The van der Waals surface area contributed by atoms with E-state index >= 15 is 0 Å². The van der Waals surface area contributed by atoms with Crippen molar-refractivity contribution in [3.63, 3.8) is 0 Å². The van der Waals surface area contributed by atoms with E-state index in [0.717, 1.165) is 36.3 Å². The topological polar surface area (TPSA) is 60.0 Å². The molecule has 6 heteroatoms. The second-order valence-electron chi connectivity index (χ2n) is 8.46. The normalized spacial score (nSPS) is 15.3. The summed E-state index contributed by atoms with van der Waals surface area (Å²) >= 11 is 0. The standard InChI is InChI=1S/C28H32N2O4/c1-32-23-10-11-24-22(17-23)13-14-30(19-28(31)29-18-20-7-5-4-6-8-20)25(24)15-21-9-12-26(33-2)27(16-21)34-3/h4-12,16-17,25H,13-15,18-19H2,1-3H3,(H,29,31). The van der Waals surface area contributed by atoms with Crippen molar-refractivity contribution in [3.8, 4) is 17.2 Å². The largest absolute Gasteiger partial charge is 0.497 e. The van der Waals surface area contributed by atoms with Crippen molar-refractivity contribution in [1.82, 2.24) is 10.2 Å². The fourth-order valence-corrected chi connectivity index (χ4v) is 4.56. The molecule has 6 nitrogen and oxygen atoms in total. The molecule has 178 valence electrons. The molecule has 0 aliphatic carbocycles. The SMILES string of the molecule is COc1ccc2c(c1)CCN(CC(=O)NCc1ccccc1)C2Cc1ccc(OC)c(OC)c1. The maximum Gasteiger partial charge on any atom is 0.234 e. The predicted molar refractivity (Wildman–Crippen MR) is 133 cm³/mol. The molecule has 4 rings (SSSR count). The van der Waals surface area contributed by atoms with Crippen LogP contribution >= 0.6 is 0 Å². The molecule has 1 aliphatic rings. The fraction of sp³-hybridized carbons (Fsp3) is 0.321. The number of fused-ring (bicyclic) bond motifs is 1. The Morgan fingerprint density at radius 3 is 2.44 bits per heavy atom. The average molecular weight is 461 g/mol. The van der Waals surface area contributed by atoms with Gasteiger partial charge in [0.25, 0.3) is 0 Å². The fourth-order valence-electron chi connectivity index (χ4n) is 4.56. The quantitative estimate of drug-likeness (QED) is 0.519. The van der Waals surface area contributed by atoms with Gasteiger partial charge in [0.05, 0.1) is 27.9 Å². The van der Waals surface area contributed by atoms with Crippen LogP contribution in [0, 0.1) is 0 Å². The van der Waals surface area contributed by atoms with Crippen LogP contribution in [0.2, 0.25) is 0 Å². The zero-order valence-corrected chi connectivity index (χ0v) is 20.0. The lowest BCUT2D eigenvalue weighted by Crippen LogP contribution is -2.43. The molecule has 3 aromatic rings. The zero-order valence-electron chi connectivity index (χ0n) is 20.0. The van der Waals surface area contributed by atoms with E-state index in [2.05, 4.69) is 28.4 Å². The molecule has 0 bridgehead atoms. The van der Waals surface area contributed by atoms with Crippen molar-refractivity contribution < 1.29 is 19.0 Å². The Labute approximate surface area is 201 Å². The Morgan fingerprint density at radius 1 is 0.912 bits per heavy atom. The molecule has 1 aliphatic heterocycles. The molecule has 34 heavy (non-hydrogen) atoms. The van der Waals surface area contributed by atoms with E-state index < -0.39 is 0 Å². The Balaban J connectivity index is 1.55. The molecular weight excluding hydrogens is 428 g/mol. The van der Waals surface area contributed by atoms with E-state index in [4.69, 9.17) is 14.2 Å². The summed E-state index contributed by atoms with van der Waals surface area (Å²) in [6, 6.07) is 22.3. The molecule has 3 aromatic carbocycles. The van der Waals surface area contributed by atoms with Gasteiger partial charge in [-0.2, -0.15) is 0 Å². The van der Waals surface area contributed by atoms with Crippen LogP contribution in [-0.4, -0.2) is 45.2 Å². The van der Waals surface area contributed by atoms with Crippen LogP contribution in [0.4, 0.5) is 0 Å². The van der Waals surface area contributed by atoms with Gasteiger partial charge in [-0.3, -0.25) is 9.69 Å². The van der Waals surface area contributed by atoms with Gasteiger partial charge in [0.15, 0.2) is 11.5 Å². The van der Waals surface area contributed by atoms with E-state index in [1.54, 1.807) is 21.3 Å². The summed E-state index contributed by atoms with van der Waals surface area (Å²) in [6.45, 7) is 1.68. The van der Waals surface area contributed by atoms with Crippen LogP contribution in [0.15, 0.2) is 66.7 Å². The number of nitrogens with zero attached hydrogens (tertiary/aromatic N) is 1. The van der Waals surface area contributed by atoms with Crippen LogP contribution < -0.4 is 19.5 Å². The highest BCUT2D eigenvalue weighted by Crippen LogP contribution is 2.36. The third kappa shape index (κ3) is 5.51. The number of ether oxygens (including phenoxy) is 3. The van der Waals surface area contributed by atoms with Crippen LogP contribution in [0.3, 0.4) is 0 Å². The predicted octanol–water partition coefficient (Wildman–Crippen LogP) is 4.17. The van der Waals surface area contributed by atoms with E-state index in [1.807, 2.05) is 48.5 Å². The molecule has 1 heterocycles. The number of carbonyl (C=O) groups is 1. The molecule has 1 amide bonds. The maximum absolute atomic E-state index is 12.9. The lowest BCUT2D eigenvalue weighted by Gasteiger charge is -2.37. The second-order valence-corrected chi connectivity index (χ2v) is 8.46. The van der Waals surface area contributed by atoms with Gasteiger partial charge < -0.3 is 19.5 Å². The minimum atomic E-state index is 0.0260. The van der Waals surface area contributed by atoms with E-state index in [-0.39, 0.29) is 11.9 Å². The van der Waals surface area contributed by atoms with Gasteiger partial charge in [0.1, 0.15) is 5.75 Å². The average Bonchev–Trinajstić information content (AvgIpc) is 2.88. The van der Waals surface area contributed by atoms with Gasteiger partial charge in [-0.25, -0.2) is 0 Å². The highest BCUT2D eigenvalue weighted by Gasteiger charge is 2.29. The number of hydrogen-bond donors (Lipinski definition) is 1. The number of amides is 1. The van der Waals surface area contributed by atoms with Gasteiger partial charge in [0.2, 0.25) is 5.91 Å². The second kappa shape index (κ2) is 11.1. The molecule has 0 aromatic heterocycles. The molecule has 0 saturated carbocycles. The molecule has 0 saturated heterocycles. The molecule has 1 N–H and O–H groups in total. The van der Waals surface area contributed by atoms with Crippen molar-refractivity contribution in [2.45, 2.75) is 25.4 Å². The highest BCUT2D eigenvalue weighted by molar-refractivity contribution is 5.78. The molecule has 1 unspecified atom stereocenters. The monoisotopic (exact) mass is 460 g/mol. The Hall–Kier alpha value is -3.51. The minimum Gasteiger partial charge on any atom is -0.497 e. The summed E-state index contributed by atoms with van der Waals surface area (Å²) in [5.74, 6) is 2.30. The van der Waals surface area contributed by atoms with Crippen LogP contribution in [0.1, 0.15) is 28.3 Å². The van der Waals surface area contributed by atoms with E-state index in [0.29, 0.717) is 24.6 Å². The number of carbonyl (C=O) groups excluding carboxylic acids is 1. The number of hydrogen-bond acceptors (Lipinski definition) is 5. The molecule has 0 spiro atoms. The summed E-state index contributed by atoms with van der Waals surface area (Å²) in [5.41, 5.74) is 4.72. The van der Waals surface area contributed by atoms with Crippen LogP contribution in [-0.2, 0) is 24.2 Å².